The molecule has 2 heterocycles. The first-order valence-electron chi connectivity index (χ1n) is 10.6. The van der Waals surface area contributed by atoms with E-state index in [0.29, 0.717) is 17.8 Å². The maximum atomic E-state index is 10.6. The minimum absolute atomic E-state index is 0.140. The standard InChI is InChI=1S/C11H9NO2.C8H6N6.C7H9N/c12-10-9-4-2-1-3-7(9)5-8(6-13)11(10)14;9-4-6-5-13-14(7(6)10)8-11-2-1-3-12-8;1-6-2-4-7(8)5-3-6/h1-6,14H,12H2;1-3,5H,10H2;2-5H,8H2,1H3. The minimum atomic E-state index is -0.140. The fourth-order valence-corrected chi connectivity index (χ4v) is 3.05. The number of rotatable bonds is 2. The quantitative estimate of drug-likeness (QED) is 0.166. The number of aromatic hydroxyl groups is 1. The number of phenols is 1. The van der Waals surface area contributed by atoms with Gasteiger partial charge in [-0.3, -0.25) is 4.79 Å². The summed E-state index contributed by atoms with van der Waals surface area (Å²) in [5.74, 6) is 0.462. The molecule has 3 aromatic carbocycles. The van der Waals surface area contributed by atoms with Crippen LogP contribution in [0.2, 0.25) is 0 Å². The summed E-state index contributed by atoms with van der Waals surface area (Å²) in [7, 11) is 0. The molecule has 7 N–H and O–H groups in total. The first-order valence-corrected chi connectivity index (χ1v) is 10.6. The number of aromatic nitrogens is 4. The Labute approximate surface area is 207 Å². The second-order valence-corrected chi connectivity index (χ2v) is 7.49. The molecule has 0 saturated carbocycles. The lowest BCUT2D eigenvalue weighted by Crippen LogP contribution is -2.06. The number of nitrogens with zero attached hydrogens (tertiary/aromatic N) is 5. The summed E-state index contributed by atoms with van der Waals surface area (Å²) in [5, 5.41) is 23.7. The van der Waals surface area contributed by atoms with E-state index >= 15 is 0 Å². The molecule has 0 aliphatic heterocycles. The SMILES string of the molecule is Cc1ccc(N)cc1.N#Cc1cnn(-c2ncccn2)c1N.Nc1c(O)c(C=O)cc2ccccc12. The summed E-state index contributed by atoms with van der Waals surface area (Å²) in [6.07, 6.45) is 5.13. The van der Waals surface area contributed by atoms with Crippen molar-refractivity contribution in [2.45, 2.75) is 6.92 Å². The molecule has 5 aromatic rings. The first kappa shape index (κ1) is 25.2. The van der Waals surface area contributed by atoms with E-state index in [9.17, 15) is 9.90 Å². The van der Waals surface area contributed by atoms with Gasteiger partial charge in [0.1, 0.15) is 23.2 Å². The van der Waals surface area contributed by atoms with Crippen LogP contribution in [-0.4, -0.2) is 31.1 Å². The van der Waals surface area contributed by atoms with E-state index in [1.54, 1.807) is 30.6 Å². The van der Waals surface area contributed by atoms with Gasteiger partial charge in [0, 0.05) is 23.5 Å². The number of benzene rings is 3. The number of fused-ring (bicyclic) bond motifs is 1. The number of nitriles is 1. The maximum absolute atomic E-state index is 10.6. The monoisotopic (exact) mass is 480 g/mol. The van der Waals surface area contributed by atoms with Crippen molar-refractivity contribution in [2.75, 3.05) is 17.2 Å². The van der Waals surface area contributed by atoms with Crippen LogP contribution in [0.25, 0.3) is 16.7 Å². The highest BCUT2D eigenvalue weighted by molar-refractivity contribution is 6.01. The largest absolute Gasteiger partial charge is 0.505 e. The summed E-state index contributed by atoms with van der Waals surface area (Å²) in [6.45, 7) is 2.04. The number of carbonyl (C=O) groups excluding carboxylic acids is 1. The van der Waals surface area contributed by atoms with Crippen molar-refractivity contribution in [2.24, 2.45) is 0 Å². The molecule has 0 bridgehead atoms. The molecule has 10 heteroatoms. The highest BCUT2D eigenvalue weighted by Crippen LogP contribution is 2.32. The number of anilines is 3. The summed E-state index contributed by atoms with van der Waals surface area (Å²) >= 11 is 0. The van der Waals surface area contributed by atoms with Crippen LogP contribution >= 0.6 is 0 Å². The Kier molecular flexibility index (Phi) is 8.14. The number of nitrogen functional groups attached to an aromatic ring is 3. The fraction of sp³-hybridized carbons (Fsp3) is 0.0385. The highest BCUT2D eigenvalue weighted by atomic mass is 16.3. The Morgan fingerprint density at radius 2 is 1.67 bits per heavy atom. The maximum Gasteiger partial charge on any atom is 0.252 e. The molecule has 0 unspecified atom stereocenters. The molecule has 5 rings (SSSR count). The molecular weight excluding hydrogens is 456 g/mol. The average Bonchev–Trinajstić information content (AvgIpc) is 3.29. The number of hydrogen-bond acceptors (Lipinski definition) is 9. The van der Waals surface area contributed by atoms with E-state index in [1.807, 2.05) is 55.5 Å². The third-order valence-corrected chi connectivity index (χ3v) is 4.96. The van der Waals surface area contributed by atoms with Gasteiger partial charge in [0.15, 0.2) is 6.29 Å². The Morgan fingerprint density at radius 3 is 2.25 bits per heavy atom. The zero-order valence-electron chi connectivity index (χ0n) is 19.4. The summed E-state index contributed by atoms with van der Waals surface area (Å²) in [4.78, 5) is 18.5. The molecule has 0 amide bonds. The van der Waals surface area contributed by atoms with Crippen LogP contribution in [0.1, 0.15) is 21.5 Å². The number of aryl methyl sites for hydroxylation is 1. The Bertz CT molecular complexity index is 1490. The zero-order valence-corrected chi connectivity index (χ0v) is 19.4. The van der Waals surface area contributed by atoms with E-state index in [2.05, 4.69) is 15.1 Å². The van der Waals surface area contributed by atoms with E-state index in [4.69, 9.17) is 22.5 Å². The second-order valence-electron chi connectivity index (χ2n) is 7.49. The van der Waals surface area contributed by atoms with Gasteiger partial charge in [-0.25, -0.2) is 9.97 Å². The summed E-state index contributed by atoms with van der Waals surface area (Å²) < 4.78 is 1.32. The lowest BCUT2D eigenvalue weighted by atomic mass is 10.0. The third-order valence-electron chi connectivity index (χ3n) is 4.96. The third kappa shape index (κ3) is 5.92. The van der Waals surface area contributed by atoms with Crippen LogP contribution in [0.4, 0.5) is 17.2 Å². The van der Waals surface area contributed by atoms with Crippen molar-refractivity contribution in [1.82, 2.24) is 19.7 Å². The van der Waals surface area contributed by atoms with Gasteiger partial charge in [-0.1, -0.05) is 42.0 Å². The lowest BCUT2D eigenvalue weighted by molar-refractivity contribution is 0.112. The minimum Gasteiger partial charge on any atom is -0.505 e. The molecule has 0 atom stereocenters. The fourth-order valence-electron chi connectivity index (χ4n) is 3.05. The van der Waals surface area contributed by atoms with Crippen LogP contribution in [0.15, 0.2) is 79.3 Å². The van der Waals surface area contributed by atoms with Crippen LogP contribution in [0, 0.1) is 18.3 Å². The van der Waals surface area contributed by atoms with Crippen molar-refractivity contribution >= 4 is 34.3 Å². The van der Waals surface area contributed by atoms with Crippen LogP contribution in [0.5, 0.6) is 5.75 Å². The van der Waals surface area contributed by atoms with Crippen molar-refractivity contribution < 1.29 is 9.90 Å². The van der Waals surface area contributed by atoms with Gasteiger partial charge in [0.25, 0.3) is 5.95 Å². The smallest absolute Gasteiger partial charge is 0.252 e. The van der Waals surface area contributed by atoms with E-state index in [-0.39, 0.29) is 22.8 Å². The van der Waals surface area contributed by atoms with E-state index < -0.39 is 0 Å². The Hall–Kier alpha value is -5.43. The predicted octanol–water partition coefficient (Wildman–Crippen LogP) is 3.63. The van der Waals surface area contributed by atoms with Crippen LogP contribution < -0.4 is 17.2 Å². The number of phenolic OH excluding ortho intramolecular Hbond substituents is 1. The van der Waals surface area contributed by atoms with Gasteiger partial charge < -0.3 is 22.3 Å². The molecule has 0 saturated heterocycles. The van der Waals surface area contributed by atoms with Crippen LogP contribution in [0.3, 0.4) is 0 Å². The second kappa shape index (κ2) is 11.6. The molecule has 10 nitrogen and oxygen atoms in total. The molecule has 180 valence electrons. The predicted molar refractivity (Wildman–Crippen MR) is 139 cm³/mol. The summed E-state index contributed by atoms with van der Waals surface area (Å²) in [5.41, 5.74) is 19.6. The van der Waals surface area contributed by atoms with Gasteiger partial charge >= 0.3 is 0 Å². The number of aldehydes is 1. The molecule has 0 radical (unpaired) electrons. The Morgan fingerprint density at radius 1 is 1.00 bits per heavy atom. The summed E-state index contributed by atoms with van der Waals surface area (Å²) in [6, 6.07) is 20.4. The van der Waals surface area contributed by atoms with Gasteiger partial charge in [-0.2, -0.15) is 15.0 Å². The molecular formula is C26H24N8O2. The number of hydrogen-bond donors (Lipinski definition) is 4. The van der Waals surface area contributed by atoms with E-state index in [0.717, 1.165) is 16.5 Å². The lowest BCUT2D eigenvalue weighted by Gasteiger charge is -2.06. The average molecular weight is 481 g/mol. The number of carbonyl (C=O) groups is 1. The van der Waals surface area contributed by atoms with Gasteiger partial charge in [-0.15, -0.1) is 0 Å². The topological polar surface area (TPSA) is 183 Å². The van der Waals surface area contributed by atoms with E-state index in [1.165, 1.54) is 16.4 Å². The van der Waals surface area contributed by atoms with Gasteiger partial charge in [0.05, 0.1) is 17.4 Å². The van der Waals surface area contributed by atoms with Crippen molar-refractivity contribution in [1.29, 1.82) is 5.26 Å². The molecule has 0 spiro atoms. The molecule has 0 fully saturated rings. The number of nitrogens with two attached hydrogens (primary N) is 3. The van der Waals surface area contributed by atoms with Crippen molar-refractivity contribution in [3.05, 3.63) is 95.9 Å². The van der Waals surface area contributed by atoms with Crippen molar-refractivity contribution in [3.8, 4) is 17.8 Å². The molecule has 36 heavy (non-hydrogen) atoms. The zero-order chi connectivity index (χ0) is 26.1. The molecule has 0 aliphatic rings. The normalized spacial score (nSPS) is 9.78. The van der Waals surface area contributed by atoms with Crippen molar-refractivity contribution in [3.63, 3.8) is 0 Å². The highest BCUT2D eigenvalue weighted by Gasteiger charge is 2.09. The van der Waals surface area contributed by atoms with Gasteiger partial charge in [-0.05, 0) is 36.6 Å². The molecule has 2 aromatic heterocycles. The van der Waals surface area contributed by atoms with Crippen LogP contribution in [-0.2, 0) is 0 Å². The van der Waals surface area contributed by atoms with Gasteiger partial charge in [0.2, 0.25) is 0 Å². The Balaban J connectivity index is 0.000000157. The molecule has 0 aliphatic carbocycles. The first-order chi connectivity index (χ1) is 17.3.